The van der Waals surface area contributed by atoms with Gasteiger partial charge in [0.25, 0.3) is 11.8 Å². The maximum Gasteiger partial charge on any atom is 0.272 e. The lowest BCUT2D eigenvalue weighted by atomic mass is 9.84. The van der Waals surface area contributed by atoms with Crippen LogP contribution in [0.4, 0.5) is 8.78 Å². The number of rotatable bonds is 7. The number of hydrogen-bond donors (Lipinski definition) is 2. The number of amides is 1. The first-order chi connectivity index (χ1) is 17.4. The molecule has 1 saturated heterocycles. The van der Waals surface area contributed by atoms with Crippen molar-refractivity contribution in [2.75, 3.05) is 13.1 Å². The van der Waals surface area contributed by atoms with Crippen molar-refractivity contribution in [3.05, 3.63) is 59.0 Å². The van der Waals surface area contributed by atoms with E-state index in [9.17, 15) is 13.6 Å². The summed E-state index contributed by atoms with van der Waals surface area (Å²) in [7, 11) is 0. The summed E-state index contributed by atoms with van der Waals surface area (Å²) in [4.78, 5) is 19.3. The minimum atomic E-state index is -2.59. The number of terminal acetylenes is 1. The SMILES string of the molecule is C#CCC1CCC(NC(=O)c2n[nH]c3ccc(Cc4ccc(CN5CCC(F)(F)C5)cn4)cc23)CC1. The molecule has 0 bridgehead atoms. The van der Waals surface area contributed by atoms with Crippen LogP contribution in [0.25, 0.3) is 10.9 Å². The first-order valence-electron chi connectivity index (χ1n) is 12.6. The topological polar surface area (TPSA) is 73.9 Å². The highest BCUT2D eigenvalue weighted by Gasteiger charge is 2.37. The molecule has 6 nitrogen and oxygen atoms in total. The van der Waals surface area contributed by atoms with Gasteiger partial charge in [-0.05, 0) is 60.9 Å². The molecule has 0 unspecified atom stereocenters. The number of carbonyl (C=O) groups excluding carboxylic acids is 1. The Bertz CT molecular complexity index is 1260. The molecule has 2 aromatic heterocycles. The summed E-state index contributed by atoms with van der Waals surface area (Å²) in [6.07, 6.45) is 12.5. The lowest BCUT2D eigenvalue weighted by molar-refractivity contribution is 0.0115. The van der Waals surface area contributed by atoms with Crippen LogP contribution in [0.2, 0.25) is 0 Å². The normalized spacial score (nSPS) is 21.9. The van der Waals surface area contributed by atoms with Crippen LogP contribution in [0.15, 0.2) is 36.5 Å². The standard InChI is InChI=1S/C28H31F2N5O/c1-2-3-19-4-8-22(9-5-19)32-27(36)26-24-15-20(7-11-25(24)33-34-26)14-23-10-6-21(16-31-23)17-35-13-12-28(29,30)18-35/h1,6-7,10-11,15-16,19,22H,3-5,8-9,12-14,17-18H2,(H,32,36)(H,33,34). The molecular weight excluding hydrogens is 460 g/mol. The Morgan fingerprint density at radius 2 is 2.00 bits per heavy atom. The highest BCUT2D eigenvalue weighted by molar-refractivity contribution is 6.04. The fraction of sp³-hybridized carbons (Fsp3) is 0.464. The van der Waals surface area contributed by atoms with Gasteiger partial charge in [0.2, 0.25) is 0 Å². The monoisotopic (exact) mass is 491 g/mol. The molecule has 1 aliphatic carbocycles. The second-order valence-electron chi connectivity index (χ2n) is 10.2. The third-order valence-electron chi connectivity index (χ3n) is 7.36. The Kier molecular flexibility index (Phi) is 7.01. The van der Waals surface area contributed by atoms with Crippen LogP contribution in [-0.2, 0) is 13.0 Å². The Morgan fingerprint density at radius 3 is 2.69 bits per heavy atom. The summed E-state index contributed by atoms with van der Waals surface area (Å²) in [5.74, 6) is 0.560. The maximum absolute atomic E-state index is 13.4. The van der Waals surface area contributed by atoms with Crippen LogP contribution < -0.4 is 5.32 Å². The minimum Gasteiger partial charge on any atom is -0.348 e. The van der Waals surface area contributed by atoms with Gasteiger partial charge in [-0.25, -0.2) is 8.78 Å². The number of hydrogen-bond acceptors (Lipinski definition) is 4. The number of alkyl halides is 2. The molecule has 188 valence electrons. The van der Waals surface area contributed by atoms with Gasteiger partial charge >= 0.3 is 0 Å². The average molecular weight is 492 g/mol. The maximum atomic E-state index is 13.4. The van der Waals surface area contributed by atoms with Gasteiger partial charge in [0, 0.05) is 55.7 Å². The van der Waals surface area contributed by atoms with Gasteiger partial charge in [0.05, 0.1) is 12.1 Å². The first-order valence-corrected chi connectivity index (χ1v) is 12.6. The zero-order chi connectivity index (χ0) is 25.1. The molecule has 0 radical (unpaired) electrons. The Hall–Kier alpha value is -3.31. The summed E-state index contributed by atoms with van der Waals surface area (Å²) < 4.78 is 26.9. The smallest absolute Gasteiger partial charge is 0.272 e. The Balaban J connectivity index is 1.21. The predicted molar refractivity (Wildman–Crippen MR) is 135 cm³/mol. The molecule has 0 spiro atoms. The molecule has 1 saturated carbocycles. The molecule has 36 heavy (non-hydrogen) atoms. The van der Waals surface area contributed by atoms with Gasteiger partial charge in [-0.1, -0.05) is 12.1 Å². The van der Waals surface area contributed by atoms with Gasteiger partial charge in [-0.3, -0.25) is 19.8 Å². The summed E-state index contributed by atoms with van der Waals surface area (Å²) in [6, 6.07) is 9.95. The second kappa shape index (κ2) is 10.4. The van der Waals surface area contributed by atoms with Crippen molar-refractivity contribution >= 4 is 16.8 Å². The summed E-state index contributed by atoms with van der Waals surface area (Å²) in [5, 5.41) is 11.2. The Morgan fingerprint density at radius 1 is 1.19 bits per heavy atom. The van der Waals surface area contributed by atoms with Crippen molar-refractivity contribution in [2.45, 2.75) is 63.5 Å². The van der Waals surface area contributed by atoms with Crippen molar-refractivity contribution in [3.8, 4) is 12.3 Å². The van der Waals surface area contributed by atoms with Gasteiger partial charge in [-0.2, -0.15) is 5.10 Å². The van der Waals surface area contributed by atoms with E-state index in [4.69, 9.17) is 6.42 Å². The molecule has 1 aliphatic heterocycles. The second-order valence-corrected chi connectivity index (χ2v) is 10.2. The van der Waals surface area contributed by atoms with Crippen molar-refractivity contribution in [1.29, 1.82) is 0 Å². The van der Waals surface area contributed by atoms with Gasteiger partial charge in [-0.15, -0.1) is 12.3 Å². The number of pyridine rings is 1. The summed E-state index contributed by atoms with van der Waals surface area (Å²) in [6.45, 7) is 0.693. The number of aromatic nitrogens is 3. The molecule has 2 aliphatic rings. The molecule has 3 heterocycles. The average Bonchev–Trinajstić information content (AvgIpc) is 3.44. The molecule has 3 aromatic rings. The van der Waals surface area contributed by atoms with Crippen LogP contribution in [0, 0.1) is 18.3 Å². The highest BCUT2D eigenvalue weighted by Crippen LogP contribution is 2.28. The summed E-state index contributed by atoms with van der Waals surface area (Å²) in [5.41, 5.74) is 4.04. The van der Waals surface area contributed by atoms with E-state index in [1.165, 1.54) is 0 Å². The number of H-pyrrole nitrogens is 1. The molecule has 1 amide bonds. The van der Waals surface area contributed by atoms with E-state index in [1.54, 1.807) is 11.1 Å². The predicted octanol–water partition coefficient (Wildman–Crippen LogP) is 4.70. The number of nitrogens with zero attached hydrogens (tertiary/aromatic N) is 3. The zero-order valence-electron chi connectivity index (χ0n) is 20.3. The molecule has 2 N–H and O–H groups in total. The van der Waals surface area contributed by atoms with Crippen LogP contribution in [-0.4, -0.2) is 51.0 Å². The lowest BCUT2D eigenvalue weighted by Gasteiger charge is -2.27. The molecule has 1 aromatic carbocycles. The highest BCUT2D eigenvalue weighted by atomic mass is 19.3. The van der Waals surface area contributed by atoms with E-state index in [0.717, 1.165) is 59.8 Å². The van der Waals surface area contributed by atoms with Crippen molar-refractivity contribution < 1.29 is 13.6 Å². The number of fused-ring (bicyclic) bond motifs is 1. The van der Waals surface area contributed by atoms with E-state index in [1.807, 2.05) is 30.3 Å². The third kappa shape index (κ3) is 5.73. The Labute approximate surface area is 209 Å². The van der Waals surface area contributed by atoms with Crippen LogP contribution in [0.3, 0.4) is 0 Å². The van der Waals surface area contributed by atoms with Crippen molar-refractivity contribution in [1.82, 2.24) is 25.4 Å². The number of nitrogens with one attached hydrogen (secondary N) is 2. The first kappa shape index (κ1) is 24.4. The molecule has 8 heteroatoms. The molecule has 0 atom stereocenters. The fourth-order valence-corrected chi connectivity index (χ4v) is 5.34. The molecular formula is C28H31F2N5O. The van der Waals surface area contributed by atoms with Crippen LogP contribution in [0.5, 0.6) is 0 Å². The van der Waals surface area contributed by atoms with E-state index >= 15 is 0 Å². The van der Waals surface area contributed by atoms with Gasteiger partial charge in [0.1, 0.15) is 0 Å². The summed E-state index contributed by atoms with van der Waals surface area (Å²) >= 11 is 0. The number of carbonyl (C=O) groups is 1. The lowest BCUT2D eigenvalue weighted by Crippen LogP contribution is -2.37. The molecule has 5 rings (SSSR count). The third-order valence-corrected chi connectivity index (χ3v) is 7.36. The van der Waals surface area contributed by atoms with Crippen LogP contribution in [0.1, 0.15) is 65.8 Å². The number of halogens is 2. The number of aromatic amines is 1. The van der Waals surface area contributed by atoms with Crippen molar-refractivity contribution in [2.24, 2.45) is 5.92 Å². The number of likely N-dealkylation sites (tertiary alicyclic amines) is 1. The number of benzene rings is 1. The minimum absolute atomic E-state index is 0.0807. The van der Waals surface area contributed by atoms with E-state index in [0.29, 0.717) is 31.1 Å². The molecule has 2 fully saturated rings. The largest absolute Gasteiger partial charge is 0.348 e. The van der Waals surface area contributed by atoms with E-state index in [2.05, 4.69) is 26.4 Å². The van der Waals surface area contributed by atoms with Gasteiger partial charge in [0.15, 0.2) is 5.69 Å². The fourth-order valence-electron chi connectivity index (χ4n) is 5.34. The van der Waals surface area contributed by atoms with Gasteiger partial charge < -0.3 is 5.32 Å². The van der Waals surface area contributed by atoms with E-state index < -0.39 is 5.92 Å². The van der Waals surface area contributed by atoms with Crippen molar-refractivity contribution in [3.63, 3.8) is 0 Å². The quantitative estimate of drug-likeness (QED) is 0.470. The van der Waals surface area contributed by atoms with Crippen LogP contribution >= 0.6 is 0 Å². The zero-order valence-corrected chi connectivity index (χ0v) is 20.3. The van der Waals surface area contributed by atoms with E-state index in [-0.39, 0.29) is 24.9 Å².